The second-order valence-corrected chi connectivity index (χ2v) is 6.77. The first kappa shape index (κ1) is 16.2. The van der Waals surface area contributed by atoms with Crippen molar-refractivity contribution in [3.8, 4) is 11.4 Å². The van der Waals surface area contributed by atoms with E-state index in [1.54, 1.807) is 12.4 Å². The lowest BCUT2D eigenvalue weighted by Gasteiger charge is -2.29. The van der Waals surface area contributed by atoms with Gasteiger partial charge in [0.05, 0.1) is 24.6 Å². The fourth-order valence-corrected chi connectivity index (χ4v) is 3.79. The monoisotopic (exact) mass is 364 g/mol. The number of hydrogen-bond donors (Lipinski definition) is 1. The molecule has 2 aliphatic rings. The minimum Gasteiger partial charge on any atom is -0.378 e. The van der Waals surface area contributed by atoms with Crippen LogP contribution in [-0.4, -0.2) is 58.9 Å². The van der Waals surface area contributed by atoms with E-state index in [0.717, 1.165) is 59.9 Å². The van der Waals surface area contributed by atoms with Gasteiger partial charge in [-0.05, 0) is 18.6 Å². The van der Waals surface area contributed by atoms with Crippen LogP contribution in [0.5, 0.6) is 0 Å². The van der Waals surface area contributed by atoms with Gasteiger partial charge in [0, 0.05) is 49.9 Å². The smallest absolute Gasteiger partial charge is 0.227 e. The lowest BCUT2D eigenvalue weighted by Crippen LogP contribution is -2.37. The standard InChI is InChI=1S/C19H20N6O2/c26-17-2-1-7-25(17)15-12-16(24-8-10-27-11-9-24)22-18-13(15)3-5-20-19(18)14-4-6-21-23-14/h3-6,12H,1-2,7-11H2,(H,21,23). The van der Waals surface area contributed by atoms with Crippen molar-refractivity contribution in [3.05, 3.63) is 30.6 Å². The van der Waals surface area contributed by atoms with Gasteiger partial charge in [0.15, 0.2) is 0 Å². The number of anilines is 2. The number of carbonyl (C=O) groups excluding carboxylic acids is 1. The maximum absolute atomic E-state index is 12.5. The predicted molar refractivity (Wildman–Crippen MR) is 102 cm³/mol. The maximum atomic E-state index is 12.5. The van der Waals surface area contributed by atoms with Crippen LogP contribution in [0.2, 0.25) is 0 Å². The highest BCUT2D eigenvalue weighted by Gasteiger charge is 2.26. The van der Waals surface area contributed by atoms with Crippen molar-refractivity contribution in [3.63, 3.8) is 0 Å². The minimum atomic E-state index is 0.162. The Hall–Kier alpha value is -3.00. The Morgan fingerprint density at radius 3 is 2.74 bits per heavy atom. The Balaban J connectivity index is 1.73. The normalized spacial score (nSPS) is 17.9. The molecular weight excluding hydrogens is 344 g/mol. The van der Waals surface area contributed by atoms with Gasteiger partial charge in [-0.1, -0.05) is 0 Å². The summed E-state index contributed by atoms with van der Waals surface area (Å²) in [7, 11) is 0. The molecule has 0 saturated carbocycles. The van der Waals surface area contributed by atoms with Crippen molar-refractivity contribution >= 4 is 28.3 Å². The van der Waals surface area contributed by atoms with Crippen LogP contribution in [0.15, 0.2) is 30.6 Å². The molecule has 3 aromatic heterocycles. The first-order valence-electron chi connectivity index (χ1n) is 9.24. The number of amides is 1. The maximum Gasteiger partial charge on any atom is 0.227 e. The number of hydrogen-bond acceptors (Lipinski definition) is 6. The fourth-order valence-electron chi connectivity index (χ4n) is 3.79. The summed E-state index contributed by atoms with van der Waals surface area (Å²) >= 11 is 0. The molecule has 8 nitrogen and oxygen atoms in total. The van der Waals surface area contributed by atoms with E-state index < -0.39 is 0 Å². The van der Waals surface area contributed by atoms with E-state index in [1.807, 2.05) is 23.1 Å². The second-order valence-electron chi connectivity index (χ2n) is 6.77. The lowest BCUT2D eigenvalue weighted by atomic mass is 10.1. The van der Waals surface area contributed by atoms with E-state index in [9.17, 15) is 4.79 Å². The number of carbonyl (C=O) groups is 1. The van der Waals surface area contributed by atoms with Crippen LogP contribution < -0.4 is 9.80 Å². The molecule has 8 heteroatoms. The zero-order valence-electron chi connectivity index (χ0n) is 14.9. The molecule has 2 saturated heterocycles. The number of morpholine rings is 1. The number of pyridine rings is 2. The number of nitrogens with zero attached hydrogens (tertiary/aromatic N) is 5. The molecule has 3 aromatic rings. The molecule has 0 unspecified atom stereocenters. The molecule has 0 radical (unpaired) electrons. The predicted octanol–water partition coefficient (Wildman–Crippen LogP) is 1.98. The molecule has 138 valence electrons. The Morgan fingerprint density at radius 1 is 1.11 bits per heavy atom. The molecule has 5 heterocycles. The molecule has 2 fully saturated rings. The van der Waals surface area contributed by atoms with E-state index in [1.165, 1.54) is 0 Å². The second kappa shape index (κ2) is 6.62. The number of fused-ring (bicyclic) bond motifs is 1. The summed E-state index contributed by atoms with van der Waals surface area (Å²) in [6.07, 6.45) is 4.94. The van der Waals surface area contributed by atoms with Crippen molar-refractivity contribution in [2.24, 2.45) is 0 Å². The van der Waals surface area contributed by atoms with Crippen molar-refractivity contribution in [1.82, 2.24) is 20.2 Å². The summed E-state index contributed by atoms with van der Waals surface area (Å²) in [5.41, 5.74) is 3.24. The number of nitrogens with one attached hydrogen (secondary N) is 1. The summed E-state index contributed by atoms with van der Waals surface area (Å²) in [6, 6.07) is 5.85. The van der Waals surface area contributed by atoms with E-state index in [4.69, 9.17) is 9.72 Å². The molecular formula is C19H20N6O2. The van der Waals surface area contributed by atoms with Crippen molar-refractivity contribution < 1.29 is 9.53 Å². The molecule has 0 aliphatic carbocycles. The number of aromatic nitrogens is 4. The third-order valence-corrected chi connectivity index (χ3v) is 5.15. The van der Waals surface area contributed by atoms with Gasteiger partial charge in [0.2, 0.25) is 5.91 Å². The number of H-pyrrole nitrogens is 1. The molecule has 0 aromatic carbocycles. The van der Waals surface area contributed by atoms with E-state index in [-0.39, 0.29) is 5.91 Å². The topological polar surface area (TPSA) is 87.2 Å². The van der Waals surface area contributed by atoms with Gasteiger partial charge in [-0.15, -0.1) is 0 Å². The van der Waals surface area contributed by atoms with E-state index >= 15 is 0 Å². The summed E-state index contributed by atoms with van der Waals surface area (Å²) in [6.45, 7) is 3.66. The van der Waals surface area contributed by atoms with Gasteiger partial charge < -0.3 is 14.5 Å². The van der Waals surface area contributed by atoms with Gasteiger partial charge in [-0.25, -0.2) is 4.98 Å². The molecule has 0 atom stereocenters. The van der Waals surface area contributed by atoms with Crippen molar-refractivity contribution in [2.45, 2.75) is 12.8 Å². The van der Waals surface area contributed by atoms with Crippen LogP contribution in [0.4, 0.5) is 11.5 Å². The Kier molecular flexibility index (Phi) is 3.97. The van der Waals surface area contributed by atoms with Crippen LogP contribution in [0, 0.1) is 0 Å². The van der Waals surface area contributed by atoms with Crippen molar-refractivity contribution in [1.29, 1.82) is 0 Å². The third kappa shape index (κ3) is 2.82. The number of ether oxygens (including phenoxy) is 1. The zero-order chi connectivity index (χ0) is 18.2. The van der Waals surface area contributed by atoms with Gasteiger partial charge in [0.1, 0.15) is 17.0 Å². The largest absolute Gasteiger partial charge is 0.378 e. The first-order chi connectivity index (χ1) is 13.3. The highest BCUT2D eigenvalue weighted by Crippen LogP contribution is 2.35. The Bertz CT molecular complexity index is 981. The first-order valence-corrected chi connectivity index (χ1v) is 9.24. The molecule has 2 aliphatic heterocycles. The average molecular weight is 364 g/mol. The molecule has 1 N–H and O–H groups in total. The van der Waals surface area contributed by atoms with E-state index in [2.05, 4.69) is 20.1 Å². The van der Waals surface area contributed by atoms with Crippen LogP contribution in [0.1, 0.15) is 12.8 Å². The molecule has 0 bridgehead atoms. The van der Waals surface area contributed by atoms with Gasteiger partial charge >= 0.3 is 0 Å². The third-order valence-electron chi connectivity index (χ3n) is 5.15. The van der Waals surface area contributed by atoms with Gasteiger partial charge in [-0.2, -0.15) is 5.10 Å². The fraction of sp³-hybridized carbons (Fsp3) is 0.368. The lowest BCUT2D eigenvalue weighted by molar-refractivity contribution is -0.117. The Labute approximate surface area is 156 Å². The zero-order valence-corrected chi connectivity index (χ0v) is 14.9. The summed E-state index contributed by atoms with van der Waals surface area (Å²) < 4.78 is 5.48. The molecule has 27 heavy (non-hydrogen) atoms. The Morgan fingerprint density at radius 2 is 2.00 bits per heavy atom. The van der Waals surface area contributed by atoms with Crippen LogP contribution in [0.3, 0.4) is 0 Å². The van der Waals surface area contributed by atoms with E-state index in [0.29, 0.717) is 19.6 Å². The minimum absolute atomic E-state index is 0.162. The van der Waals surface area contributed by atoms with Crippen LogP contribution in [-0.2, 0) is 9.53 Å². The molecule has 1 amide bonds. The average Bonchev–Trinajstić information content (AvgIpc) is 3.39. The molecule has 0 spiro atoms. The number of aromatic amines is 1. The quantitative estimate of drug-likeness (QED) is 0.765. The summed E-state index contributed by atoms with van der Waals surface area (Å²) in [5.74, 6) is 1.02. The van der Waals surface area contributed by atoms with Crippen LogP contribution in [0.25, 0.3) is 22.3 Å². The van der Waals surface area contributed by atoms with Gasteiger partial charge in [0.25, 0.3) is 0 Å². The highest BCUT2D eigenvalue weighted by atomic mass is 16.5. The number of rotatable bonds is 3. The van der Waals surface area contributed by atoms with Crippen LogP contribution >= 0.6 is 0 Å². The van der Waals surface area contributed by atoms with Crippen molar-refractivity contribution in [2.75, 3.05) is 42.6 Å². The SMILES string of the molecule is O=C1CCCN1c1cc(N2CCOCC2)nc2c(-c3ccn[nH]3)nccc12. The molecule has 5 rings (SSSR count). The summed E-state index contributed by atoms with van der Waals surface area (Å²) in [5, 5.41) is 7.95. The summed E-state index contributed by atoms with van der Waals surface area (Å²) in [4.78, 5) is 26.0. The highest BCUT2D eigenvalue weighted by molar-refractivity contribution is 6.07. The van der Waals surface area contributed by atoms with Gasteiger partial charge in [-0.3, -0.25) is 14.9 Å².